The van der Waals surface area contributed by atoms with Crippen LogP contribution in [-0.2, 0) is 128 Å². The molecule has 4 N–H and O–H groups in total. The smallest absolute Gasteiger partial charge is 0.310 e. The quantitative estimate of drug-likeness (QED) is 0.0587. The maximum Gasteiger partial charge on any atom is 0.310 e. The number of H-pyrrole nitrogens is 4. The highest BCUT2D eigenvalue weighted by Gasteiger charge is 2.25. The maximum absolute atomic E-state index is 13.2. The van der Waals surface area contributed by atoms with Crippen molar-refractivity contribution >= 4 is 72.1 Å². The van der Waals surface area contributed by atoms with Crippen LogP contribution in [0.3, 0.4) is 0 Å². The topological polar surface area (TPSA) is 274 Å². The van der Waals surface area contributed by atoms with Crippen molar-refractivity contribution in [1.82, 2.24) is 19.9 Å². The molecule has 0 aromatic carbocycles. The van der Waals surface area contributed by atoms with Crippen molar-refractivity contribution in [2.75, 3.05) is 56.9 Å². The predicted octanol–water partition coefficient (Wildman–Crippen LogP) is -0.0880. The molecule has 68 heavy (non-hydrogen) atoms. The van der Waals surface area contributed by atoms with E-state index in [4.69, 9.17) is 37.9 Å². The zero-order valence-electron chi connectivity index (χ0n) is 39.3. The van der Waals surface area contributed by atoms with Gasteiger partial charge in [-0.25, -0.2) is 0 Å². The first kappa shape index (κ1) is 51.3. The number of methoxy groups -OCH3 is 8. The van der Waals surface area contributed by atoms with Crippen LogP contribution in [0.4, 0.5) is 0 Å². The van der Waals surface area contributed by atoms with Gasteiger partial charge in [0.05, 0.1) is 82.6 Å². The molecule has 0 saturated carbocycles. The summed E-state index contributed by atoms with van der Waals surface area (Å²) < 4.78 is 40.5. The van der Waals surface area contributed by atoms with E-state index in [0.29, 0.717) is 88.7 Å². The molecule has 0 saturated heterocycles. The number of hydrogen-bond donors (Lipinski definition) is 4. The molecule has 1 aliphatic heterocycles. The van der Waals surface area contributed by atoms with E-state index >= 15 is 0 Å². The molecule has 5 rings (SSSR count). The summed E-state index contributed by atoms with van der Waals surface area (Å²) in [6, 6.07) is 0. The van der Waals surface area contributed by atoms with Crippen molar-refractivity contribution in [2.45, 2.75) is 77.0 Å². The van der Waals surface area contributed by atoms with Gasteiger partial charge in [-0.3, -0.25) is 38.4 Å². The molecule has 0 amide bonds. The van der Waals surface area contributed by atoms with Crippen LogP contribution in [0.5, 0.6) is 0 Å². The van der Waals surface area contributed by atoms with Gasteiger partial charge in [-0.1, -0.05) is 0 Å². The molecule has 20 heteroatoms. The molecule has 0 unspecified atom stereocenters. The first-order valence-corrected chi connectivity index (χ1v) is 21.5. The van der Waals surface area contributed by atoms with Gasteiger partial charge in [0, 0.05) is 69.9 Å². The van der Waals surface area contributed by atoms with Gasteiger partial charge in [-0.2, -0.15) is 0 Å². The van der Waals surface area contributed by atoms with Crippen LogP contribution < -0.4 is 21.4 Å². The van der Waals surface area contributed by atoms with E-state index in [2.05, 4.69) is 19.9 Å². The molecule has 4 aromatic rings. The monoisotopic (exact) mass is 944 g/mol. The number of aromatic nitrogens is 4. The number of carbonyl (C=O) groups excluding carboxylic acids is 8. The third-order valence-corrected chi connectivity index (χ3v) is 11.7. The Bertz CT molecular complexity index is 2660. The molecule has 4 aromatic heterocycles. The van der Waals surface area contributed by atoms with E-state index in [1.54, 1.807) is 24.3 Å². The summed E-state index contributed by atoms with van der Waals surface area (Å²) in [5.41, 5.74) is 5.41. The van der Waals surface area contributed by atoms with Gasteiger partial charge in [-0.15, -0.1) is 0 Å². The molecule has 0 spiro atoms. The van der Waals surface area contributed by atoms with Crippen LogP contribution in [0.15, 0.2) is 0 Å². The Morgan fingerprint density at radius 2 is 0.515 bits per heavy atom. The van der Waals surface area contributed by atoms with Crippen molar-refractivity contribution in [3.63, 3.8) is 0 Å². The van der Waals surface area contributed by atoms with Gasteiger partial charge < -0.3 is 57.8 Å². The average molecular weight is 945 g/mol. The summed E-state index contributed by atoms with van der Waals surface area (Å²) in [5, 5.41) is 1.58. The second-order valence-electron chi connectivity index (χ2n) is 15.5. The van der Waals surface area contributed by atoms with Crippen LogP contribution in [0.2, 0.25) is 0 Å². The van der Waals surface area contributed by atoms with Crippen molar-refractivity contribution in [1.29, 1.82) is 0 Å². The normalized spacial score (nSPS) is 11.4. The second kappa shape index (κ2) is 23.7. The number of esters is 8. The molecule has 8 bridgehead atoms. The summed E-state index contributed by atoms with van der Waals surface area (Å²) in [4.78, 5) is 117. The highest BCUT2D eigenvalue weighted by atomic mass is 16.5. The van der Waals surface area contributed by atoms with E-state index in [0.717, 1.165) is 0 Å². The summed E-state index contributed by atoms with van der Waals surface area (Å²) >= 11 is 0. The molecule has 5 heterocycles. The molecule has 364 valence electrons. The standard InChI is InChI=1S/C48H56N4O16/c1-61-41(53)13-9-25-29(17-45(57)65-5)37-22-34-27(11-15-43(55)63-3)31(19-47(59)67-7)39(51-34)24-36-28(12-16-44(56)64-4)32(20-48(60)68-8)40(52-36)23-35-26(10-14-42(54)62-2)30(18-46(58)66-6)38(50-35)21-33(25)49-37/h21-24,49-52H,9-20H2,1-8H3. The van der Waals surface area contributed by atoms with Crippen molar-refractivity contribution in [3.05, 3.63) is 88.7 Å². The summed E-state index contributed by atoms with van der Waals surface area (Å²) in [7, 11) is 10.00. The Balaban J connectivity index is 2.10. The zero-order valence-corrected chi connectivity index (χ0v) is 39.3. The van der Waals surface area contributed by atoms with Crippen molar-refractivity contribution in [2.24, 2.45) is 0 Å². The van der Waals surface area contributed by atoms with Crippen LogP contribution in [0.25, 0.3) is 24.3 Å². The van der Waals surface area contributed by atoms with E-state index in [1.807, 2.05) is 0 Å². The number of ether oxygens (including phenoxy) is 8. The third-order valence-electron chi connectivity index (χ3n) is 11.7. The number of hydrogen-bond acceptors (Lipinski definition) is 16. The Labute approximate surface area is 390 Å². The largest absolute Gasteiger partial charge is 0.469 e. The number of rotatable bonds is 20. The molecule has 0 fully saturated rings. The van der Waals surface area contributed by atoms with Crippen LogP contribution in [0.1, 0.15) is 93.0 Å². The fourth-order valence-corrected chi connectivity index (χ4v) is 8.18. The van der Waals surface area contributed by atoms with E-state index < -0.39 is 47.8 Å². The van der Waals surface area contributed by atoms with E-state index in [1.165, 1.54) is 56.9 Å². The van der Waals surface area contributed by atoms with Gasteiger partial charge in [-0.05, 0) is 94.5 Å². The van der Waals surface area contributed by atoms with Gasteiger partial charge in [0.1, 0.15) is 0 Å². The fourth-order valence-electron chi connectivity index (χ4n) is 8.18. The number of nitrogens with one attached hydrogen (secondary N) is 4. The van der Waals surface area contributed by atoms with Crippen molar-refractivity contribution < 1.29 is 76.3 Å². The zero-order chi connectivity index (χ0) is 49.7. The second-order valence-corrected chi connectivity index (χ2v) is 15.5. The number of carbonyl (C=O) groups is 8. The third kappa shape index (κ3) is 12.4. The summed E-state index contributed by atoms with van der Waals surface area (Å²) in [6.07, 6.45) is 5.64. The summed E-state index contributed by atoms with van der Waals surface area (Å²) in [5.74, 6) is -4.54. The van der Waals surface area contributed by atoms with Gasteiger partial charge in [0.25, 0.3) is 0 Å². The lowest BCUT2D eigenvalue weighted by atomic mass is 9.98. The minimum atomic E-state index is -0.606. The molecule has 0 radical (unpaired) electrons. The lowest BCUT2D eigenvalue weighted by Gasteiger charge is -2.07. The fraction of sp³-hybridized carbons (Fsp3) is 0.417. The first-order chi connectivity index (χ1) is 32.6. The molecule has 20 nitrogen and oxygen atoms in total. The Morgan fingerprint density at radius 1 is 0.294 bits per heavy atom. The maximum atomic E-state index is 13.2. The Hall–Kier alpha value is -7.64. The number of fused-ring (bicyclic) bond motifs is 8. The van der Waals surface area contributed by atoms with Gasteiger partial charge >= 0.3 is 47.8 Å². The minimum absolute atomic E-state index is 0.0686. The highest BCUT2D eigenvalue weighted by molar-refractivity contribution is 5.80. The first-order valence-electron chi connectivity index (χ1n) is 21.5. The van der Waals surface area contributed by atoms with Gasteiger partial charge in [0.15, 0.2) is 0 Å². The number of aromatic amines is 4. The molecule has 0 atom stereocenters. The Kier molecular flexibility index (Phi) is 17.9. The van der Waals surface area contributed by atoms with E-state index in [9.17, 15) is 38.4 Å². The Morgan fingerprint density at radius 3 is 0.779 bits per heavy atom. The molecule has 1 aliphatic rings. The average Bonchev–Trinajstić information content (AvgIpc) is 4.04. The molecular formula is C48H56N4O16. The van der Waals surface area contributed by atoms with Crippen LogP contribution >= 0.6 is 0 Å². The van der Waals surface area contributed by atoms with Crippen LogP contribution in [-0.4, -0.2) is 125 Å². The highest BCUT2D eigenvalue weighted by Crippen LogP contribution is 2.27. The lowest BCUT2D eigenvalue weighted by Crippen LogP contribution is -2.16. The van der Waals surface area contributed by atoms with Crippen LogP contribution in [0, 0.1) is 0 Å². The van der Waals surface area contributed by atoms with E-state index in [-0.39, 0.29) is 77.0 Å². The molecule has 0 aliphatic carbocycles. The predicted molar refractivity (Wildman–Crippen MR) is 240 cm³/mol. The van der Waals surface area contributed by atoms with Gasteiger partial charge in [0.2, 0.25) is 0 Å². The summed E-state index contributed by atoms with van der Waals surface area (Å²) in [6.45, 7) is 0. The molecular weight excluding hydrogens is 889 g/mol. The minimum Gasteiger partial charge on any atom is -0.469 e. The SMILES string of the molecule is COC(=O)CCc1c2[nH]c(c1CC(=O)OC)C=c1[nH]c(c(CC(=O)OC)c1CCC(=O)OC)=Cc1[nH]c(c(CC(=O)OC)c1CCC(=O)OC)C=c1[nH]c(c(CC(=O)OC)c1CCC(=O)OC)=C2. The lowest BCUT2D eigenvalue weighted by molar-refractivity contribution is -0.141. The van der Waals surface area contributed by atoms with Crippen molar-refractivity contribution in [3.8, 4) is 0 Å².